The Morgan fingerprint density at radius 2 is 1.55 bits per heavy atom. The van der Waals surface area contributed by atoms with E-state index >= 15 is 0 Å². The zero-order valence-corrected chi connectivity index (χ0v) is 15.6. The zero-order chi connectivity index (χ0) is 21.6. The average Bonchev–Trinajstić information content (AvgIpc) is 2.70. The monoisotopic (exact) mass is 397 g/mol. The number of hydrogen-bond acceptors (Lipinski definition) is 5. The molecule has 1 unspecified atom stereocenters. The number of aliphatic imine (C=N–C) groups is 1. The molecule has 0 radical (unpaired) electrons. The third-order valence-electron chi connectivity index (χ3n) is 4.55. The largest absolute Gasteiger partial charge is 0.480 e. The highest BCUT2D eigenvalue weighted by Gasteiger charge is 2.45. The van der Waals surface area contributed by atoms with Gasteiger partial charge in [0.25, 0.3) is 0 Å². The number of aliphatic carboxylic acids is 1. The Balaban J connectivity index is 2.53. The lowest BCUT2D eigenvalue weighted by molar-refractivity contribution is -0.141. The number of amides is 1. The van der Waals surface area contributed by atoms with Crippen LogP contribution in [0.3, 0.4) is 0 Å². The predicted octanol–water partition coefficient (Wildman–Crippen LogP) is 0.198. The van der Waals surface area contributed by atoms with Gasteiger partial charge in [-0.05, 0) is 18.1 Å². The number of carboxylic acids is 1. The van der Waals surface area contributed by atoms with Crippen LogP contribution in [0.5, 0.6) is 0 Å². The van der Waals surface area contributed by atoms with Crippen LogP contribution >= 0.6 is 0 Å². The minimum atomic E-state index is -2.27. The van der Waals surface area contributed by atoms with E-state index in [1.807, 2.05) is 0 Å². The quantitative estimate of drug-likeness (QED) is 0.173. The number of guanidine groups is 1. The van der Waals surface area contributed by atoms with E-state index in [0.717, 1.165) is 0 Å². The number of carboxylic acid groups (broad SMARTS) is 1. The lowest BCUT2D eigenvalue weighted by Gasteiger charge is -2.28. The van der Waals surface area contributed by atoms with E-state index in [-0.39, 0.29) is 30.1 Å². The van der Waals surface area contributed by atoms with Crippen LogP contribution in [0.15, 0.2) is 59.6 Å². The molecule has 2 atom stereocenters. The molecule has 152 valence electrons. The van der Waals surface area contributed by atoms with E-state index in [2.05, 4.69) is 4.99 Å². The van der Waals surface area contributed by atoms with Crippen molar-refractivity contribution in [3.8, 4) is 0 Å². The Morgan fingerprint density at radius 3 is 2.10 bits per heavy atom. The number of primary amides is 1. The number of rotatable bonds is 9. The molecule has 0 aromatic heterocycles. The molecule has 0 aliphatic rings. The molecule has 0 fully saturated rings. The molecule has 0 saturated heterocycles. The maximum atomic E-state index is 12.9. The number of hydrogen-bond donors (Lipinski definition) is 5. The number of nitrogens with zero attached hydrogens (tertiary/aromatic N) is 1. The highest BCUT2D eigenvalue weighted by atomic mass is 16.4. The van der Waals surface area contributed by atoms with Crippen LogP contribution in [0.1, 0.15) is 38.6 Å². The summed E-state index contributed by atoms with van der Waals surface area (Å²) in [5.41, 5.74) is 20.8. The Hall–Kier alpha value is -3.72. The summed E-state index contributed by atoms with van der Waals surface area (Å²) in [5.74, 6) is -3.95. The molecule has 9 N–H and O–H groups in total. The summed E-state index contributed by atoms with van der Waals surface area (Å²) in [4.78, 5) is 40.8. The van der Waals surface area contributed by atoms with Gasteiger partial charge in [0.1, 0.15) is 0 Å². The van der Waals surface area contributed by atoms with E-state index in [4.69, 9.17) is 22.9 Å². The smallest absolute Gasteiger partial charge is 0.331 e. The first-order valence-corrected chi connectivity index (χ1v) is 8.73. The molecule has 0 heterocycles. The van der Waals surface area contributed by atoms with Crippen LogP contribution in [-0.4, -0.2) is 40.8 Å². The second-order valence-electron chi connectivity index (χ2n) is 6.59. The third kappa shape index (κ3) is 4.96. The van der Waals surface area contributed by atoms with E-state index in [0.29, 0.717) is 5.56 Å². The van der Waals surface area contributed by atoms with Crippen molar-refractivity contribution in [2.75, 3.05) is 6.54 Å². The number of benzene rings is 2. The molecular formula is C20H23N5O4. The van der Waals surface area contributed by atoms with Crippen molar-refractivity contribution in [2.24, 2.45) is 27.9 Å². The van der Waals surface area contributed by atoms with Gasteiger partial charge in [-0.15, -0.1) is 0 Å². The van der Waals surface area contributed by atoms with E-state index in [9.17, 15) is 19.5 Å². The molecule has 29 heavy (non-hydrogen) atoms. The summed E-state index contributed by atoms with van der Waals surface area (Å²) < 4.78 is 0. The second-order valence-corrected chi connectivity index (χ2v) is 6.59. The van der Waals surface area contributed by atoms with Crippen molar-refractivity contribution in [1.82, 2.24) is 0 Å². The summed E-state index contributed by atoms with van der Waals surface area (Å²) in [6.45, 7) is -0.0824. The molecule has 2 aromatic rings. The number of Topliss-reactive ketones (excluding diaryl/α,β-unsaturated/α-hetero) is 1. The summed E-state index contributed by atoms with van der Waals surface area (Å²) in [6, 6.07) is 14.2. The first-order chi connectivity index (χ1) is 13.7. The van der Waals surface area contributed by atoms with Gasteiger partial charge in [-0.2, -0.15) is 0 Å². The lowest BCUT2D eigenvalue weighted by Crippen LogP contribution is -2.56. The van der Waals surface area contributed by atoms with Gasteiger partial charge in [0.2, 0.25) is 5.91 Å². The minimum Gasteiger partial charge on any atom is -0.480 e. The van der Waals surface area contributed by atoms with Crippen LogP contribution in [0.25, 0.3) is 0 Å². The van der Waals surface area contributed by atoms with Gasteiger partial charge in [-0.1, -0.05) is 48.5 Å². The highest BCUT2D eigenvalue weighted by molar-refractivity contribution is 6.15. The fourth-order valence-electron chi connectivity index (χ4n) is 3.08. The van der Waals surface area contributed by atoms with Crippen molar-refractivity contribution in [1.29, 1.82) is 0 Å². The van der Waals surface area contributed by atoms with Crippen molar-refractivity contribution in [3.63, 3.8) is 0 Å². The maximum Gasteiger partial charge on any atom is 0.331 e. The molecule has 2 aromatic carbocycles. The van der Waals surface area contributed by atoms with E-state index < -0.39 is 29.1 Å². The van der Waals surface area contributed by atoms with Crippen LogP contribution in [0.4, 0.5) is 0 Å². The standard InChI is InChI=1S/C20H23N5O4/c21-17(27)15-9-5-4-8-14(15)13(11-25-19(22)23)10-20(24,18(28)29)16(26)12-6-2-1-3-7-12/h1-9,13H,10-11,24H2,(H2,21,27)(H,28,29)(H4,22,23,25)/t13?,20-/m1/s1. The molecule has 0 saturated carbocycles. The molecule has 9 heteroatoms. The van der Waals surface area contributed by atoms with Crippen LogP contribution < -0.4 is 22.9 Å². The van der Waals surface area contributed by atoms with Crippen molar-refractivity contribution >= 4 is 23.6 Å². The van der Waals surface area contributed by atoms with Crippen LogP contribution in [-0.2, 0) is 4.79 Å². The topological polar surface area (TPSA) is 188 Å². The number of carbonyl (C=O) groups is 3. The molecule has 0 bridgehead atoms. The van der Waals surface area contributed by atoms with Crippen molar-refractivity contribution < 1.29 is 19.5 Å². The fraction of sp³-hybridized carbons (Fsp3) is 0.200. The fourth-order valence-corrected chi connectivity index (χ4v) is 3.08. The minimum absolute atomic E-state index is 0.0824. The summed E-state index contributed by atoms with van der Waals surface area (Å²) >= 11 is 0. The van der Waals surface area contributed by atoms with Crippen LogP contribution in [0.2, 0.25) is 0 Å². The Bertz CT molecular complexity index is 941. The molecule has 0 spiro atoms. The van der Waals surface area contributed by atoms with Crippen molar-refractivity contribution in [2.45, 2.75) is 17.9 Å². The number of carbonyl (C=O) groups excluding carboxylic acids is 2. The molecule has 2 rings (SSSR count). The Kier molecular flexibility index (Phi) is 6.68. The molecule has 0 aliphatic carbocycles. The summed E-state index contributed by atoms with van der Waals surface area (Å²) in [7, 11) is 0. The second kappa shape index (κ2) is 8.98. The number of ketones is 1. The predicted molar refractivity (Wildman–Crippen MR) is 108 cm³/mol. The maximum absolute atomic E-state index is 12.9. The molecule has 0 aliphatic heterocycles. The normalized spacial score (nSPS) is 13.7. The van der Waals surface area contributed by atoms with Crippen LogP contribution in [0, 0.1) is 0 Å². The summed E-state index contributed by atoms with van der Waals surface area (Å²) in [6.07, 6.45) is -0.350. The molecular weight excluding hydrogens is 374 g/mol. The molecule has 1 amide bonds. The van der Waals surface area contributed by atoms with Gasteiger partial charge in [-0.25, -0.2) is 4.79 Å². The van der Waals surface area contributed by atoms with Gasteiger partial charge in [0, 0.05) is 23.6 Å². The van der Waals surface area contributed by atoms with Gasteiger partial charge in [-0.3, -0.25) is 14.6 Å². The van der Waals surface area contributed by atoms with Gasteiger partial charge in [0.05, 0.1) is 0 Å². The SMILES string of the molecule is NC(=O)c1ccccc1C(CN=C(N)N)C[C@](N)(C(=O)O)C(=O)c1ccccc1. The van der Waals surface area contributed by atoms with Gasteiger partial charge in [0.15, 0.2) is 17.3 Å². The van der Waals surface area contributed by atoms with Gasteiger partial charge >= 0.3 is 5.97 Å². The van der Waals surface area contributed by atoms with Crippen molar-refractivity contribution in [3.05, 3.63) is 71.3 Å². The summed E-state index contributed by atoms with van der Waals surface area (Å²) in [5, 5.41) is 9.79. The first-order valence-electron chi connectivity index (χ1n) is 8.73. The van der Waals surface area contributed by atoms with Gasteiger partial charge < -0.3 is 28.0 Å². The van der Waals surface area contributed by atoms with E-state index in [1.54, 1.807) is 36.4 Å². The molecule has 9 nitrogen and oxygen atoms in total. The Labute approximate surface area is 167 Å². The number of nitrogens with two attached hydrogens (primary N) is 4. The Morgan fingerprint density at radius 1 is 0.966 bits per heavy atom. The lowest BCUT2D eigenvalue weighted by atomic mass is 9.78. The van der Waals surface area contributed by atoms with E-state index in [1.165, 1.54) is 18.2 Å². The average molecular weight is 397 g/mol. The third-order valence-corrected chi connectivity index (χ3v) is 4.55. The zero-order valence-electron chi connectivity index (χ0n) is 15.6. The highest BCUT2D eigenvalue weighted by Crippen LogP contribution is 2.30. The first kappa shape index (κ1) is 21.6.